The van der Waals surface area contributed by atoms with Gasteiger partial charge in [0.05, 0.1) is 0 Å². The quantitative estimate of drug-likeness (QED) is 0.456. The standard InChI is InChI=1S/C9H18Br/c1-3-5-6-7-8-9(10)4-2/h9H,2-8H2,1H3. The first-order valence-corrected chi connectivity index (χ1v) is 5.16. The van der Waals surface area contributed by atoms with E-state index in [-0.39, 0.29) is 0 Å². The molecule has 0 saturated carbocycles. The summed E-state index contributed by atoms with van der Waals surface area (Å²) in [6.07, 6.45) is 7.78. The molecule has 0 bridgehead atoms. The average Bonchev–Trinajstić information content (AvgIpc) is 1.98. The maximum Gasteiger partial charge on any atom is 0.0145 e. The number of rotatable bonds is 6. The summed E-state index contributed by atoms with van der Waals surface area (Å²) in [6.45, 7) is 6.08. The Morgan fingerprint density at radius 3 is 2.50 bits per heavy atom. The highest BCUT2D eigenvalue weighted by Crippen LogP contribution is 2.13. The molecule has 0 nitrogen and oxygen atoms in total. The van der Waals surface area contributed by atoms with Gasteiger partial charge >= 0.3 is 0 Å². The molecule has 1 radical (unpaired) electrons. The highest BCUT2D eigenvalue weighted by Gasteiger charge is 1.98. The lowest BCUT2D eigenvalue weighted by Gasteiger charge is -2.04. The van der Waals surface area contributed by atoms with Crippen LogP contribution in [0.15, 0.2) is 0 Å². The zero-order chi connectivity index (χ0) is 7.82. The highest BCUT2D eigenvalue weighted by molar-refractivity contribution is 9.09. The molecule has 0 aliphatic rings. The van der Waals surface area contributed by atoms with Crippen LogP contribution in [0.2, 0.25) is 0 Å². The van der Waals surface area contributed by atoms with Crippen molar-refractivity contribution < 1.29 is 0 Å². The van der Waals surface area contributed by atoms with Crippen LogP contribution in [0, 0.1) is 6.92 Å². The Morgan fingerprint density at radius 2 is 2.00 bits per heavy atom. The van der Waals surface area contributed by atoms with E-state index in [0.29, 0.717) is 4.83 Å². The lowest BCUT2D eigenvalue weighted by molar-refractivity contribution is 0.622. The summed E-state index contributed by atoms with van der Waals surface area (Å²) in [6, 6.07) is 0. The molecule has 1 atom stereocenters. The minimum atomic E-state index is 0.657. The van der Waals surface area contributed by atoms with Crippen molar-refractivity contribution in [3.8, 4) is 0 Å². The summed E-state index contributed by atoms with van der Waals surface area (Å²) >= 11 is 3.57. The zero-order valence-electron chi connectivity index (χ0n) is 6.91. The molecule has 0 heterocycles. The van der Waals surface area contributed by atoms with E-state index >= 15 is 0 Å². The van der Waals surface area contributed by atoms with Crippen molar-refractivity contribution in [1.82, 2.24) is 0 Å². The monoisotopic (exact) mass is 205 g/mol. The van der Waals surface area contributed by atoms with Crippen molar-refractivity contribution >= 4 is 15.9 Å². The molecule has 0 fully saturated rings. The summed E-state index contributed by atoms with van der Waals surface area (Å²) in [4.78, 5) is 0.657. The second-order valence-corrected chi connectivity index (χ2v) is 4.03. The van der Waals surface area contributed by atoms with Crippen LogP contribution in [0.1, 0.15) is 45.4 Å². The van der Waals surface area contributed by atoms with E-state index < -0.39 is 0 Å². The Kier molecular flexibility index (Phi) is 7.95. The van der Waals surface area contributed by atoms with E-state index in [1.54, 1.807) is 0 Å². The van der Waals surface area contributed by atoms with Crippen molar-refractivity contribution in [2.24, 2.45) is 0 Å². The molecule has 0 rings (SSSR count). The van der Waals surface area contributed by atoms with Crippen LogP contribution in [0.5, 0.6) is 0 Å². The van der Waals surface area contributed by atoms with Crippen LogP contribution in [0.25, 0.3) is 0 Å². The molecule has 0 amide bonds. The Morgan fingerprint density at radius 1 is 1.30 bits per heavy atom. The maximum atomic E-state index is 3.84. The van der Waals surface area contributed by atoms with Crippen molar-refractivity contribution in [3.63, 3.8) is 0 Å². The second kappa shape index (κ2) is 7.59. The third-order valence-electron chi connectivity index (χ3n) is 1.68. The van der Waals surface area contributed by atoms with E-state index in [2.05, 4.69) is 29.8 Å². The predicted molar refractivity (Wildman–Crippen MR) is 51.4 cm³/mol. The first kappa shape index (κ1) is 10.5. The number of halogens is 1. The van der Waals surface area contributed by atoms with E-state index in [9.17, 15) is 0 Å². The molecular weight excluding hydrogens is 188 g/mol. The van der Waals surface area contributed by atoms with Gasteiger partial charge in [0.1, 0.15) is 0 Å². The van der Waals surface area contributed by atoms with Crippen LogP contribution in [0.4, 0.5) is 0 Å². The van der Waals surface area contributed by atoms with Gasteiger partial charge < -0.3 is 0 Å². The first-order chi connectivity index (χ1) is 4.81. The van der Waals surface area contributed by atoms with Crippen molar-refractivity contribution in [1.29, 1.82) is 0 Å². The van der Waals surface area contributed by atoms with E-state index in [4.69, 9.17) is 0 Å². The molecule has 0 saturated heterocycles. The fourth-order valence-corrected chi connectivity index (χ4v) is 1.26. The fraction of sp³-hybridized carbons (Fsp3) is 0.889. The third-order valence-corrected chi connectivity index (χ3v) is 2.60. The van der Waals surface area contributed by atoms with E-state index in [1.807, 2.05) is 0 Å². The molecule has 1 heteroatoms. The molecule has 0 aromatic heterocycles. The maximum absolute atomic E-state index is 3.84. The van der Waals surface area contributed by atoms with Crippen molar-refractivity contribution in [2.75, 3.05) is 0 Å². The number of unbranched alkanes of at least 4 members (excludes halogenated alkanes) is 3. The Hall–Kier alpha value is 0.480. The minimum Gasteiger partial charge on any atom is -0.0891 e. The normalized spacial score (nSPS) is 13.5. The van der Waals surface area contributed by atoms with Crippen LogP contribution < -0.4 is 0 Å². The smallest absolute Gasteiger partial charge is 0.0145 e. The van der Waals surface area contributed by atoms with E-state index in [1.165, 1.54) is 32.1 Å². The Bertz CT molecular complexity index is 61.7. The van der Waals surface area contributed by atoms with E-state index in [0.717, 1.165) is 6.42 Å². The second-order valence-electron chi connectivity index (χ2n) is 2.74. The van der Waals surface area contributed by atoms with Gasteiger partial charge in [-0.05, 0) is 12.8 Å². The van der Waals surface area contributed by atoms with Crippen LogP contribution in [0.3, 0.4) is 0 Å². The number of hydrogen-bond donors (Lipinski definition) is 0. The zero-order valence-corrected chi connectivity index (χ0v) is 8.49. The first-order valence-electron chi connectivity index (χ1n) is 4.24. The van der Waals surface area contributed by atoms with Gasteiger partial charge in [0, 0.05) is 4.83 Å². The van der Waals surface area contributed by atoms with Gasteiger partial charge in [-0.1, -0.05) is 55.5 Å². The Balaban J connectivity index is 2.89. The molecule has 0 aromatic rings. The average molecular weight is 206 g/mol. The molecule has 0 aliphatic heterocycles. The van der Waals surface area contributed by atoms with Crippen LogP contribution in [-0.2, 0) is 0 Å². The van der Waals surface area contributed by atoms with Crippen LogP contribution in [-0.4, -0.2) is 4.83 Å². The SMILES string of the molecule is [CH2]CC(Br)CCCCCC. The Labute approximate surface area is 73.5 Å². The summed E-state index contributed by atoms with van der Waals surface area (Å²) in [7, 11) is 0. The summed E-state index contributed by atoms with van der Waals surface area (Å²) in [5.74, 6) is 0. The lowest BCUT2D eigenvalue weighted by atomic mass is 10.1. The van der Waals surface area contributed by atoms with Crippen LogP contribution >= 0.6 is 15.9 Å². The molecular formula is C9H18Br. The fourth-order valence-electron chi connectivity index (χ4n) is 0.937. The molecule has 0 spiro atoms. The third kappa shape index (κ3) is 6.60. The molecule has 0 aromatic carbocycles. The van der Waals surface area contributed by atoms with Gasteiger partial charge in [0.15, 0.2) is 0 Å². The summed E-state index contributed by atoms with van der Waals surface area (Å²) < 4.78 is 0. The lowest BCUT2D eigenvalue weighted by Crippen LogP contribution is -1.94. The van der Waals surface area contributed by atoms with Gasteiger partial charge in [-0.3, -0.25) is 0 Å². The van der Waals surface area contributed by atoms with Gasteiger partial charge in [0.25, 0.3) is 0 Å². The number of hydrogen-bond acceptors (Lipinski definition) is 0. The highest BCUT2D eigenvalue weighted by atomic mass is 79.9. The molecule has 0 aliphatic carbocycles. The number of alkyl halides is 1. The molecule has 1 unspecified atom stereocenters. The largest absolute Gasteiger partial charge is 0.0891 e. The summed E-state index contributed by atoms with van der Waals surface area (Å²) in [5, 5.41) is 0. The van der Waals surface area contributed by atoms with Crippen molar-refractivity contribution in [2.45, 2.75) is 50.3 Å². The molecule has 61 valence electrons. The van der Waals surface area contributed by atoms with Gasteiger partial charge in [0.2, 0.25) is 0 Å². The van der Waals surface area contributed by atoms with Gasteiger partial charge in [-0.15, -0.1) is 0 Å². The minimum absolute atomic E-state index is 0.657. The predicted octanol–water partition coefficient (Wildman–Crippen LogP) is 3.94. The molecule has 0 N–H and O–H groups in total. The topological polar surface area (TPSA) is 0 Å². The summed E-state index contributed by atoms with van der Waals surface area (Å²) in [5.41, 5.74) is 0. The van der Waals surface area contributed by atoms with Gasteiger partial charge in [-0.2, -0.15) is 0 Å². The molecule has 10 heavy (non-hydrogen) atoms. The van der Waals surface area contributed by atoms with Gasteiger partial charge in [-0.25, -0.2) is 0 Å². The van der Waals surface area contributed by atoms with Crippen molar-refractivity contribution in [3.05, 3.63) is 6.92 Å².